The molecule has 0 saturated carbocycles. The van der Waals surface area contributed by atoms with Crippen LogP contribution in [0.25, 0.3) is 10.8 Å². The molecule has 0 fully saturated rings. The molecule has 0 aliphatic rings. The van der Waals surface area contributed by atoms with Crippen LogP contribution in [0.5, 0.6) is 0 Å². The Morgan fingerprint density at radius 1 is 1.39 bits per heavy atom. The minimum Gasteiger partial charge on any atom is -0.466 e. The quantitative estimate of drug-likeness (QED) is 0.662. The number of pyridine rings is 1. The van der Waals surface area contributed by atoms with Gasteiger partial charge in [0, 0.05) is 35.3 Å². The Hall–Kier alpha value is -2.10. The number of nitrogen functional groups attached to an aromatic ring is 1. The molecule has 0 radical (unpaired) electrons. The van der Waals surface area contributed by atoms with E-state index < -0.39 is 0 Å². The number of ether oxygens (including phenoxy) is 1. The van der Waals surface area contributed by atoms with Crippen LogP contribution in [0.3, 0.4) is 0 Å². The first-order chi connectivity index (χ1) is 8.72. The van der Waals surface area contributed by atoms with Crippen LogP contribution in [0, 0.1) is 0 Å². The summed E-state index contributed by atoms with van der Waals surface area (Å²) in [4.78, 5) is 15.4. The first-order valence-electron chi connectivity index (χ1n) is 5.99. The van der Waals surface area contributed by atoms with Crippen molar-refractivity contribution in [1.29, 1.82) is 0 Å². The number of aromatic nitrogens is 1. The lowest BCUT2D eigenvalue weighted by Crippen LogP contribution is -2.06. The van der Waals surface area contributed by atoms with Gasteiger partial charge in [-0.05, 0) is 25.0 Å². The van der Waals surface area contributed by atoms with E-state index in [1.165, 1.54) is 0 Å². The number of nitrogens with two attached hydrogens (primary N) is 1. The predicted octanol–water partition coefficient (Wildman–Crippen LogP) is 2.31. The average molecular weight is 244 g/mol. The number of benzene rings is 1. The van der Waals surface area contributed by atoms with Crippen LogP contribution in [0.1, 0.15) is 18.9 Å². The van der Waals surface area contributed by atoms with Gasteiger partial charge in [-0.15, -0.1) is 0 Å². The molecule has 0 unspecified atom stereocenters. The fourth-order valence-corrected chi connectivity index (χ4v) is 1.93. The highest BCUT2D eigenvalue weighted by atomic mass is 16.5. The number of anilines is 1. The Balaban J connectivity index is 2.19. The molecule has 0 amide bonds. The largest absolute Gasteiger partial charge is 0.466 e. The molecule has 18 heavy (non-hydrogen) atoms. The van der Waals surface area contributed by atoms with Gasteiger partial charge in [0.2, 0.25) is 0 Å². The van der Waals surface area contributed by atoms with E-state index in [0.717, 1.165) is 22.0 Å². The third-order valence-electron chi connectivity index (χ3n) is 2.86. The molecular weight excluding hydrogens is 228 g/mol. The Labute approximate surface area is 106 Å². The maximum atomic E-state index is 11.3. The Kier molecular flexibility index (Phi) is 3.77. The molecular formula is C14H16N2O2. The lowest BCUT2D eigenvalue weighted by Gasteiger charge is -2.08. The van der Waals surface area contributed by atoms with E-state index >= 15 is 0 Å². The van der Waals surface area contributed by atoms with E-state index in [-0.39, 0.29) is 5.97 Å². The smallest absolute Gasteiger partial charge is 0.306 e. The van der Waals surface area contributed by atoms with Crippen molar-refractivity contribution in [3.8, 4) is 0 Å². The summed E-state index contributed by atoms with van der Waals surface area (Å²) in [6, 6.07) is 5.80. The summed E-state index contributed by atoms with van der Waals surface area (Å²) >= 11 is 0. The number of carbonyl (C=O) groups excluding carboxylic acids is 1. The van der Waals surface area contributed by atoms with Crippen LogP contribution in [-0.4, -0.2) is 17.6 Å². The Bertz CT molecular complexity index is 567. The van der Waals surface area contributed by atoms with Crippen molar-refractivity contribution < 1.29 is 9.53 Å². The van der Waals surface area contributed by atoms with Gasteiger partial charge in [-0.3, -0.25) is 9.78 Å². The van der Waals surface area contributed by atoms with Gasteiger partial charge in [-0.2, -0.15) is 0 Å². The number of carbonyl (C=O) groups is 1. The number of rotatable bonds is 4. The first kappa shape index (κ1) is 12.4. The van der Waals surface area contributed by atoms with Gasteiger partial charge in [0.15, 0.2) is 0 Å². The van der Waals surface area contributed by atoms with Crippen molar-refractivity contribution in [2.24, 2.45) is 0 Å². The summed E-state index contributed by atoms with van der Waals surface area (Å²) in [5.74, 6) is -0.188. The van der Waals surface area contributed by atoms with E-state index in [1.54, 1.807) is 19.3 Å². The van der Waals surface area contributed by atoms with E-state index in [2.05, 4.69) is 4.98 Å². The molecule has 2 N–H and O–H groups in total. The molecule has 0 bridgehead atoms. The zero-order valence-corrected chi connectivity index (χ0v) is 10.3. The van der Waals surface area contributed by atoms with Gasteiger partial charge in [-0.25, -0.2) is 0 Å². The van der Waals surface area contributed by atoms with Crippen molar-refractivity contribution in [3.05, 3.63) is 36.2 Å². The van der Waals surface area contributed by atoms with Gasteiger partial charge in [0.1, 0.15) is 0 Å². The molecule has 0 spiro atoms. The van der Waals surface area contributed by atoms with Crippen molar-refractivity contribution in [2.75, 3.05) is 12.3 Å². The van der Waals surface area contributed by atoms with Crippen LogP contribution >= 0.6 is 0 Å². The number of aryl methyl sites for hydroxylation is 1. The summed E-state index contributed by atoms with van der Waals surface area (Å²) in [6.07, 6.45) is 4.45. The van der Waals surface area contributed by atoms with Gasteiger partial charge >= 0.3 is 5.97 Å². The lowest BCUT2D eigenvalue weighted by molar-refractivity contribution is -0.143. The fourth-order valence-electron chi connectivity index (χ4n) is 1.93. The molecule has 2 rings (SSSR count). The number of hydrogen-bond donors (Lipinski definition) is 1. The standard InChI is InChI=1S/C14H16N2O2/c1-2-18-13(17)6-5-10-3-4-11-9-16-8-7-12(11)14(10)15/h3-4,7-9H,2,5-6,15H2,1H3. The molecule has 1 aromatic carbocycles. The molecule has 2 aromatic rings. The normalized spacial score (nSPS) is 10.5. The highest BCUT2D eigenvalue weighted by Gasteiger charge is 2.07. The number of hydrogen-bond acceptors (Lipinski definition) is 4. The van der Waals surface area contributed by atoms with E-state index in [0.29, 0.717) is 19.4 Å². The van der Waals surface area contributed by atoms with Crippen LogP contribution in [0.4, 0.5) is 5.69 Å². The lowest BCUT2D eigenvalue weighted by atomic mass is 10.0. The summed E-state index contributed by atoms with van der Waals surface area (Å²) in [7, 11) is 0. The Morgan fingerprint density at radius 2 is 2.22 bits per heavy atom. The molecule has 1 aromatic heterocycles. The average Bonchev–Trinajstić information content (AvgIpc) is 2.39. The highest BCUT2D eigenvalue weighted by Crippen LogP contribution is 2.24. The van der Waals surface area contributed by atoms with Crippen molar-refractivity contribution in [1.82, 2.24) is 4.98 Å². The molecule has 0 atom stereocenters. The topological polar surface area (TPSA) is 65.2 Å². The highest BCUT2D eigenvalue weighted by molar-refractivity contribution is 5.93. The van der Waals surface area contributed by atoms with Crippen molar-refractivity contribution >= 4 is 22.4 Å². The van der Waals surface area contributed by atoms with Crippen LogP contribution in [0.2, 0.25) is 0 Å². The van der Waals surface area contributed by atoms with Crippen molar-refractivity contribution in [3.63, 3.8) is 0 Å². The zero-order chi connectivity index (χ0) is 13.0. The monoisotopic (exact) mass is 244 g/mol. The second-order valence-corrected chi connectivity index (χ2v) is 4.04. The van der Waals surface area contributed by atoms with Crippen molar-refractivity contribution in [2.45, 2.75) is 19.8 Å². The zero-order valence-electron chi connectivity index (χ0n) is 10.3. The predicted molar refractivity (Wildman–Crippen MR) is 71.1 cm³/mol. The third-order valence-corrected chi connectivity index (χ3v) is 2.86. The molecule has 0 saturated heterocycles. The molecule has 0 aliphatic heterocycles. The van der Waals surface area contributed by atoms with Gasteiger partial charge in [-0.1, -0.05) is 12.1 Å². The van der Waals surface area contributed by atoms with E-state index in [4.69, 9.17) is 10.5 Å². The van der Waals surface area contributed by atoms with E-state index in [9.17, 15) is 4.79 Å². The fraction of sp³-hybridized carbons (Fsp3) is 0.286. The SMILES string of the molecule is CCOC(=O)CCc1ccc2cnccc2c1N. The van der Waals surface area contributed by atoms with E-state index in [1.807, 2.05) is 18.2 Å². The molecule has 4 heteroatoms. The van der Waals surface area contributed by atoms with Gasteiger partial charge < -0.3 is 10.5 Å². The second kappa shape index (κ2) is 5.49. The van der Waals surface area contributed by atoms with Gasteiger partial charge in [0.25, 0.3) is 0 Å². The molecule has 4 nitrogen and oxygen atoms in total. The minimum atomic E-state index is -0.188. The molecule has 1 heterocycles. The van der Waals surface area contributed by atoms with Crippen LogP contribution in [0.15, 0.2) is 30.6 Å². The summed E-state index contributed by atoms with van der Waals surface area (Å²) in [6.45, 7) is 2.22. The second-order valence-electron chi connectivity index (χ2n) is 4.04. The number of nitrogens with zero attached hydrogens (tertiary/aromatic N) is 1. The molecule has 0 aliphatic carbocycles. The number of fused-ring (bicyclic) bond motifs is 1. The minimum absolute atomic E-state index is 0.188. The van der Waals surface area contributed by atoms with Crippen LogP contribution in [-0.2, 0) is 16.0 Å². The van der Waals surface area contributed by atoms with Gasteiger partial charge in [0.05, 0.1) is 6.61 Å². The maximum Gasteiger partial charge on any atom is 0.306 e. The van der Waals surface area contributed by atoms with Crippen LogP contribution < -0.4 is 5.73 Å². The third kappa shape index (κ3) is 2.59. The summed E-state index contributed by atoms with van der Waals surface area (Å²) in [5, 5.41) is 1.99. The Morgan fingerprint density at radius 3 is 3.00 bits per heavy atom. The summed E-state index contributed by atoms with van der Waals surface area (Å²) < 4.78 is 4.90. The number of esters is 1. The first-order valence-corrected chi connectivity index (χ1v) is 5.99. The molecule has 94 valence electrons. The summed E-state index contributed by atoms with van der Waals surface area (Å²) in [5.41, 5.74) is 7.79. The maximum absolute atomic E-state index is 11.3.